The molecule has 1 unspecified atom stereocenters. The van der Waals surface area contributed by atoms with Crippen LogP contribution in [0.15, 0.2) is 30.5 Å². The molecule has 2 aromatic rings. The van der Waals surface area contributed by atoms with Gasteiger partial charge in [-0.25, -0.2) is 0 Å². The van der Waals surface area contributed by atoms with Crippen LogP contribution in [0.4, 0.5) is 0 Å². The Morgan fingerprint density at radius 2 is 2.10 bits per heavy atom. The summed E-state index contributed by atoms with van der Waals surface area (Å²) in [5.74, 6) is 0. The largest absolute Gasteiger partial charge is 0.350 e. The lowest BCUT2D eigenvalue weighted by molar-refractivity contribution is 0.140. The second kappa shape index (κ2) is 5.98. The van der Waals surface area contributed by atoms with Gasteiger partial charge in [0.25, 0.3) is 0 Å². The molecule has 3 heteroatoms. The van der Waals surface area contributed by atoms with Crippen molar-refractivity contribution in [2.45, 2.75) is 31.8 Å². The average molecular weight is 271 g/mol. The minimum Gasteiger partial charge on any atom is -0.350 e. The topological polar surface area (TPSA) is 20.2 Å². The molecule has 20 heavy (non-hydrogen) atoms. The zero-order chi connectivity index (χ0) is 13.9. The Morgan fingerprint density at radius 3 is 2.95 bits per heavy atom. The second-order valence-electron chi connectivity index (χ2n) is 5.96. The fourth-order valence-electron chi connectivity index (χ4n) is 3.51. The summed E-state index contributed by atoms with van der Waals surface area (Å²) >= 11 is 0. The third-order valence-electron chi connectivity index (χ3n) is 4.54. The fraction of sp³-hybridized carbons (Fsp3) is 0.529. The van der Waals surface area contributed by atoms with Gasteiger partial charge in [0.05, 0.1) is 0 Å². The van der Waals surface area contributed by atoms with Crippen LogP contribution < -0.4 is 5.32 Å². The van der Waals surface area contributed by atoms with Gasteiger partial charge in [-0.3, -0.25) is 4.90 Å². The lowest BCUT2D eigenvalue weighted by Gasteiger charge is -2.35. The van der Waals surface area contributed by atoms with E-state index in [9.17, 15) is 0 Å². The molecule has 1 aromatic carbocycles. The van der Waals surface area contributed by atoms with Crippen LogP contribution >= 0.6 is 0 Å². The van der Waals surface area contributed by atoms with Gasteiger partial charge in [-0.2, -0.15) is 0 Å². The highest BCUT2D eigenvalue weighted by Gasteiger charge is 2.22. The van der Waals surface area contributed by atoms with E-state index in [4.69, 9.17) is 0 Å². The maximum Gasteiger partial charge on any atom is 0.0481 e. The summed E-state index contributed by atoms with van der Waals surface area (Å²) in [6.07, 6.45) is 6.34. The van der Waals surface area contributed by atoms with Gasteiger partial charge in [-0.15, -0.1) is 0 Å². The van der Waals surface area contributed by atoms with Gasteiger partial charge >= 0.3 is 0 Å². The fourth-order valence-corrected chi connectivity index (χ4v) is 3.51. The minimum atomic E-state index is 0.688. The molecule has 0 bridgehead atoms. The Balaban J connectivity index is 1.84. The van der Waals surface area contributed by atoms with E-state index in [1.165, 1.54) is 42.3 Å². The summed E-state index contributed by atoms with van der Waals surface area (Å²) in [5.41, 5.74) is 2.80. The van der Waals surface area contributed by atoms with Crippen LogP contribution in [-0.4, -0.2) is 35.6 Å². The van der Waals surface area contributed by atoms with Crippen LogP contribution in [-0.2, 0) is 13.6 Å². The number of fused-ring (bicyclic) bond motifs is 1. The number of rotatable bonds is 4. The lowest BCUT2D eigenvalue weighted by Crippen LogP contribution is -2.44. The van der Waals surface area contributed by atoms with Crippen molar-refractivity contribution in [1.29, 1.82) is 0 Å². The normalized spacial score (nSPS) is 20.6. The molecule has 1 atom stereocenters. The van der Waals surface area contributed by atoms with Gasteiger partial charge in [0.1, 0.15) is 0 Å². The quantitative estimate of drug-likeness (QED) is 0.922. The number of hydrogen-bond acceptors (Lipinski definition) is 2. The predicted molar refractivity (Wildman–Crippen MR) is 84.9 cm³/mol. The number of piperidine rings is 1. The van der Waals surface area contributed by atoms with Gasteiger partial charge in [-0.1, -0.05) is 24.6 Å². The van der Waals surface area contributed by atoms with Crippen LogP contribution in [0.2, 0.25) is 0 Å². The van der Waals surface area contributed by atoms with E-state index in [2.05, 4.69) is 59.3 Å². The summed E-state index contributed by atoms with van der Waals surface area (Å²) in [4.78, 5) is 2.65. The highest BCUT2D eigenvalue weighted by molar-refractivity contribution is 5.83. The molecular weight excluding hydrogens is 246 g/mol. The molecule has 0 spiro atoms. The molecule has 0 radical (unpaired) electrons. The van der Waals surface area contributed by atoms with Gasteiger partial charge in [0.15, 0.2) is 0 Å². The van der Waals surface area contributed by atoms with Gasteiger partial charge in [-0.05, 0) is 38.1 Å². The van der Waals surface area contributed by atoms with Crippen molar-refractivity contribution in [2.24, 2.45) is 7.05 Å². The van der Waals surface area contributed by atoms with Crippen molar-refractivity contribution in [3.05, 3.63) is 36.0 Å². The average Bonchev–Trinajstić information content (AvgIpc) is 2.79. The van der Waals surface area contributed by atoms with Crippen molar-refractivity contribution in [2.75, 3.05) is 20.1 Å². The van der Waals surface area contributed by atoms with Crippen LogP contribution in [0.3, 0.4) is 0 Å². The molecule has 2 heterocycles. The first-order chi connectivity index (χ1) is 9.79. The standard InChI is InChI=1S/C17H25N3/c1-18-11-15-7-5-6-10-20(15)13-14-12-19(2)17-9-4-3-8-16(14)17/h3-4,8-9,12,15,18H,5-7,10-11,13H2,1-2H3. The van der Waals surface area contributed by atoms with Crippen molar-refractivity contribution in [1.82, 2.24) is 14.8 Å². The first-order valence-electron chi connectivity index (χ1n) is 7.71. The number of benzene rings is 1. The zero-order valence-electron chi connectivity index (χ0n) is 12.6. The summed E-state index contributed by atoms with van der Waals surface area (Å²) in [6.45, 7) is 3.41. The Bertz CT molecular complexity index is 571. The number of nitrogens with one attached hydrogen (secondary N) is 1. The maximum absolute atomic E-state index is 3.35. The molecule has 1 fully saturated rings. The number of hydrogen-bond donors (Lipinski definition) is 1. The van der Waals surface area contributed by atoms with E-state index in [0.717, 1.165) is 13.1 Å². The van der Waals surface area contributed by atoms with Crippen LogP contribution in [0.5, 0.6) is 0 Å². The van der Waals surface area contributed by atoms with Crippen LogP contribution in [0.25, 0.3) is 10.9 Å². The molecule has 3 nitrogen and oxygen atoms in total. The van der Waals surface area contributed by atoms with E-state index < -0.39 is 0 Å². The van der Waals surface area contributed by atoms with Crippen molar-refractivity contribution < 1.29 is 0 Å². The van der Waals surface area contributed by atoms with Gasteiger partial charge in [0, 0.05) is 43.3 Å². The van der Waals surface area contributed by atoms with E-state index in [-0.39, 0.29) is 0 Å². The molecule has 0 aliphatic carbocycles. The molecule has 1 aromatic heterocycles. The molecule has 1 saturated heterocycles. The summed E-state index contributed by atoms with van der Waals surface area (Å²) in [5, 5.41) is 4.75. The van der Waals surface area contributed by atoms with E-state index in [0.29, 0.717) is 6.04 Å². The highest BCUT2D eigenvalue weighted by atomic mass is 15.2. The zero-order valence-corrected chi connectivity index (χ0v) is 12.6. The van der Waals surface area contributed by atoms with Crippen LogP contribution in [0, 0.1) is 0 Å². The Morgan fingerprint density at radius 1 is 1.25 bits per heavy atom. The monoisotopic (exact) mass is 271 g/mol. The van der Waals surface area contributed by atoms with Crippen molar-refractivity contribution in [3.8, 4) is 0 Å². The third kappa shape index (κ3) is 2.60. The second-order valence-corrected chi connectivity index (χ2v) is 5.96. The molecule has 0 amide bonds. The third-order valence-corrected chi connectivity index (χ3v) is 4.54. The number of para-hydroxylation sites is 1. The molecule has 108 valence electrons. The molecule has 0 saturated carbocycles. The molecule has 1 N–H and O–H groups in total. The Kier molecular flexibility index (Phi) is 4.08. The summed E-state index contributed by atoms with van der Waals surface area (Å²) in [7, 11) is 4.21. The van der Waals surface area contributed by atoms with E-state index >= 15 is 0 Å². The first kappa shape index (κ1) is 13.7. The smallest absolute Gasteiger partial charge is 0.0481 e. The summed E-state index contributed by atoms with van der Waals surface area (Å²) in [6, 6.07) is 9.42. The minimum absolute atomic E-state index is 0.688. The molecule has 3 rings (SSSR count). The van der Waals surface area contributed by atoms with Gasteiger partial charge in [0.2, 0.25) is 0 Å². The Hall–Kier alpha value is -1.32. The van der Waals surface area contributed by atoms with E-state index in [1.807, 2.05) is 0 Å². The molecule has 1 aliphatic heterocycles. The number of nitrogens with zero attached hydrogens (tertiary/aromatic N) is 2. The van der Waals surface area contributed by atoms with E-state index in [1.54, 1.807) is 0 Å². The lowest BCUT2D eigenvalue weighted by atomic mass is 10.0. The molecule has 1 aliphatic rings. The SMILES string of the molecule is CNCC1CCCCN1Cc1cn(C)c2ccccc12. The summed E-state index contributed by atoms with van der Waals surface area (Å²) < 4.78 is 2.25. The number of likely N-dealkylation sites (N-methyl/N-ethyl adjacent to an activating group) is 1. The van der Waals surface area contributed by atoms with Crippen molar-refractivity contribution in [3.63, 3.8) is 0 Å². The van der Waals surface area contributed by atoms with Gasteiger partial charge < -0.3 is 9.88 Å². The maximum atomic E-state index is 3.35. The number of aromatic nitrogens is 1. The van der Waals surface area contributed by atoms with Crippen LogP contribution in [0.1, 0.15) is 24.8 Å². The highest BCUT2D eigenvalue weighted by Crippen LogP contribution is 2.25. The predicted octanol–water partition coefficient (Wildman–Crippen LogP) is 2.75. The number of likely N-dealkylation sites (tertiary alicyclic amines) is 1. The van der Waals surface area contributed by atoms with Crippen molar-refractivity contribution >= 4 is 10.9 Å². The number of aryl methyl sites for hydroxylation is 1. The Labute approximate surface area is 121 Å². The molecular formula is C17H25N3. The first-order valence-corrected chi connectivity index (χ1v) is 7.71.